The molecule has 5 heteroatoms. The number of benzene rings is 4. The predicted octanol–water partition coefficient (Wildman–Crippen LogP) is 13.7. The van der Waals surface area contributed by atoms with Crippen molar-refractivity contribution in [2.45, 2.75) is 53.4 Å². The zero-order valence-corrected chi connectivity index (χ0v) is 33.2. The van der Waals surface area contributed by atoms with Crippen LogP contribution in [0.1, 0.15) is 53.4 Å². The Balaban J connectivity index is 0.000000197. The van der Waals surface area contributed by atoms with E-state index in [9.17, 15) is 0 Å². The van der Waals surface area contributed by atoms with Gasteiger partial charge in [0.1, 0.15) is 0 Å². The summed E-state index contributed by atoms with van der Waals surface area (Å²) in [7, 11) is 9.81. The average Bonchev–Trinajstić information content (AvgIpc) is 3.75. The number of hydrogen-bond acceptors (Lipinski definition) is 0. The van der Waals surface area contributed by atoms with E-state index in [1.54, 1.807) is 10.6 Å². The predicted molar refractivity (Wildman–Crippen MR) is 215 cm³/mol. The summed E-state index contributed by atoms with van der Waals surface area (Å²) in [5.74, 6) is 0. The van der Waals surface area contributed by atoms with Crippen molar-refractivity contribution in [2.24, 2.45) is 0 Å². The molecule has 0 fully saturated rings. The number of fused-ring (bicyclic) bond motifs is 2. The van der Waals surface area contributed by atoms with Crippen molar-refractivity contribution in [2.75, 3.05) is 24.6 Å². The molecular formula is C42H48Cl2P2Ti-2. The normalized spacial score (nSPS) is 11.0. The van der Waals surface area contributed by atoms with E-state index in [4.69, 9.17) is 18.6 Å². The minimum absolute atomic E-state index is 0.0159. The van der Waals surface area contributed by atoms with Gasteiger partial charge in [-0.1, -0.05) is 153 Å². The molecule has 0 aliphatic rings. The fourth-order valence-electron chi connectivity index (χ4n) is 6.36. The van der Waals surface area contributed by atoms with Gasteiger partial charge in [0.2, 0.25) is 0 Å². The Bertz CT molecular complexity index is 1600. The third-order valence-corrected chi connectivity index (χ3v) is 14.3. The number of hydrogen-bond donors (Lipinski definition) is 0. The molecule has 0 bridgehead atoms. The Labute approximate surface area is 303 Å². The molecule has 6 aromatic carbocycles. The summed E-state index contributed by atoms with van der Waals surface area (Å²) in [4.78, 5) is 0. The Kier molecular flexibility index (Phi) is 16.8. The van der Waals surface area contributed by atoms with Crippen molar-refractivity contribution < 1.29 is 17.0 Å². The van der Waals surface area contributed by atoms with Crippen molar-refractivity contribution in [1.29, 1.82) is 0 Å². The second-order valence-electron chi connectivity index (χ2n) is 11.8. The summed E-state index contributed by atoms with van der Waals surface area (Å²) in [6.45, 7) is 9.23. The molecule has 0 heterocycles. The van der Waals surface area contributed by atoms with Gasteiger partial charge >= 0.3 is 35.6 Å². The SMILES string of the molecule is CCCP(CCC)c1cc2c(-c3ccccc3)cccc2[cH-]1.CCCP(CCC)c1cc2c(-c3ccccc3)cccc2[cH-]1.[Cl][Ti][Cl]. The summed E-state index contributed by atoms with van der Waals surface area (Å²) in [5, 5.41) is 8.83. The van der Waals surface area contributed by atoms with Crippen molar-refractivity contribution >= 4 is 66.6 Å². The topological polar surface area (TPSA) is 0 Å². The van der Waals surface area contributed by atoms with E-state index < -0.39 is 17.0 Å². The maximum absolute atomic E-state index is 4.89. The van der Waals surface area contributed by atoms with Crippen LogP contribution in [0.15, 0.2) is 121 Å². The molecule has 0 atom stereocenters. The van der Waals surface area contributed by atoms with Gasteiger partial charge in [-0.15, -0.1) is 68.6 Å². The molecule has 0 aromatic heterocycles. The van der Waals surface area contributed by atoms with Crippen molar-refractivity contribution in [3.05, 3.63) is 121 Å². The summed E-state index contributed by atoms with van der Waals surface area (Å²) in [5.41, 5.74) is 5.38. The second kappa shape index (κ2) is 20.7. The summed E-state index contributed by atoms with van der Waals surface area (Å²) in [6.07, 6.45) is 10.6. The van der Waals surface area contributed by atoms with Crippen molar-refractivity contribution in [3.63, 3.8) is 0 Å². The first kappa shape index (κ1) is 38.1. The molecule has 0 aliphatic heterocycles. The quantitative estimate of drug-likeness (QED) is 0.0667. The van der Waals surface area contributed by atoms with Gasteiger partial charge in [-0.3, -0.25) is 0 Å². The van der Waals surface area contributed by atoms with Gasteiger partial charge in [0.25, 0.3) is 0 Å². The van der Waals surface area contributed by atoms with Crippen LogP contribution in [0.3, 0.4) is 0 Å². The fourth-order valence-corrected chi connectivity index (χ4v) is 11.3. The molecule has 0 nitrogen and oxygen atoms in total. The Morgan fingerprint density at radius 2 is 0.830 bits per heavy atom. The first-order chi connectivity index (χ1) is 23.1. The van der Waals surface area contributed by atoms with E-state index in [0.717, 1.165) is 0 Å². The molecule has 0 radical (unpaired) electrons. The molecule has 0 unspecified atom stereocenters. The van der Waals surface area contributed by atoms with Crippen LogP contribution in [0.5, 0.6) is 0 Å². The summed E-state index contributed by atoms with van der Waals surface area (Å²) < 4.78 is 0. The van der Waals surface area contributed by atoms with E-state index >= 15 is 0 Å². The molecular weight excluding hydrogens is 685 g/mol. The molecule has 0 aliphatic carbocycles. The van der Waals surface area contributed by atoms with Crippen LogP contribution in [-0.2, 0) is 17.0 Å². The molecule has 0 amide bonds. The minimum atomic E-state index is -0.556. The van der Waals surface area contributed by atoms with Crippen LogP contribution in [0, 0.1) is 0 Å². The number of rotatable bonds is 12. The molecule has 6 aromatic rings. The summed E-state index contributed by atoms with van der Waals surface area (Å²) in [6, 6.07) is 44.7. The first-order valence-corrected chi connectivity index (χ1v) is 24.8. The van der Waals surface area contributed by atoms with Crippen LogP contribution >= 0.6 is 34.5 Å². The number of halogens is 2. The molecule has 6 rings (SSSR count). The fraction of sp³-hybridized carbons (Fsp3) is 0.286. The van der Waals surface area contributed by atoms with Crippen LogP contribution < -0.4 is 10.6 Å². The van der Waals surface area contributed by atoms with Gasteiger partial charge in [-0.2, -0.15) is 12.1 Å². The molecule has 0 spiro atoms. The first-order valence-electron chi connectivity index (χ1n) is 17.0. The van der Waals surface area contributed by atoms with Crippen LogP contribution in [-0.4, -0.2) is 24.6 Å². The third-order valence-electron chi connectivity index (χ3n) is 8.34. The van der Waals surface area contributed by atoms with E-state index in [1.807, 2.05) is 0 Å². The van der Waals surface area contributed by atoms with Gasteiger partial charge in [0.05, 0.1) is 0 Å². The van der Waals surface area contributed by atoms with E-state index in [-0.39, 0.29) is 15.8 Å². The van der Waals surface area contributed by atoms with Crippen LogP contribution in [0.2, 0.25) is 0 Å². The Hall–Kier alpha value is -1.75. The van der Waals surface area contributed by atoms with Crippen molar-refractivity contribution in [1.82, 2.24) is 0 Å². The van der Waals surface area contributed by atoms with Gasteiger partial charge in [-0.25, -0.2) is 0 Å². The van der Waals surface area contributed by atoms with Gasteiger partial charge < -0.3 is 0 Å². The van der Waals surface area contributed by atoms with E-state index in [0.29, 0.717) is 0 Å². The molecule has 0 saturated carbocycles. The average molecular weight is 734 g/mol. The van der Waals surface area contributed by atoms with Crippen LogP contribution in [0.25, 0.3) is 43.8 Å². The maximum atomic E-state index is 4.89. The Morgan fingerprint density at radius 1 is 0.489 bits per heavy atom. The Morgan fingerprint density at radius 3 is 1.15 bits per heavy atom. The molecule has 0 N–H and O–H groups in total. The summed E-state index contributed by atoms with van der Waals surface area (Å²) >= 11 is -0.556. The van der Waals surface area contributed by atoms with E-state index in [1.165, 1.54) is 94.1 Å². The van der Waals surface area contributed by atoms with Crippen LogP contribution in [0.4, 0.5) is 0 Å². The van der Waals surface area contributed by atoms with Gasteiger partial charge in [0.15, 0.2) is 0 Å². The molecule has 0 saturated heterocycles. The van der Waals surface area contributed by atoms with Gasteiger partial charge in [0, 0.05) is 0 Å². The monoisotopic (exact) mass is 732 g/mol. The van der Waals surface area contributed by atoms with Gasteiger partial charge in [-0.05, 0) is 35.8 Å². The zero-order chi connectivity index (χ0) is 33.4. The standard InChI is InChI=1S/2C21H24P.2ClH.Ti/c2*1-3-13-22(14-4-2)19-15-18-11-8-12-20(21(18)16-19)17-9-6-5-7-10-17;;;/h2*5-12,15-16H,3-4,13-14H2,1-2H3;2*1H;/q2*-1;;;+2/p-2. The molecule has 47 heavy (non-hydrogen) atoms. The zero-order valence-electron chi connectivity index (χ0n) is 28.4. The molecule has 246 valence electrons. The third kappa shape index (κ3) is 10.6. The second-order valence-corrected chi connectivity index (χ2v) is 19.4. The van der Waals surface area contributed by atoms with Crippen molar-refractivity contribution in [3.8, 4) is 22.3 Å². The van der Waals surface area contributed by atoms with E-state index in [2.05, 4.69) is 149 Å².